The number of nitrogens with one attached hydrogen (secondary N) is 2. The fraction of sp³-hybridized carbons (Fsp3) is 0.143. The molecule has 0 fully saturated rings. The van der Waals surface area contributed by atoms with Gasteiger partial charge in [0.15, 0.2) is 0 Å². The molecule has 0 radical (unpaired) electrons. The molecule has 1 aromatic carbocycles. The number of aromatic nitrogens is 1. The molecule has 1 aromatic heterocycles. The maximum Gasteiger partial charge on any atom is 0.251 e. The fourth-order valence-corrected chi connectivity index (χ4v) is 1.62. The summed E-state index contributed by atoms with van der Waals surface area (Å²) < 4.78 is 13.3. The van der Waals surface area contributed by atoms with Gasteiger partial charge in [-0.3, -0.25) is 9.59 Å². The first kappa shape index (κ1) is 13.0. The van der Waals surface area contributed by atoms with E-state index in [1.165, 1.54) is 18.3 Å². The summed E-state index contributed by atoms with van der Waals surface area (Å²) in [5.74, 6) is -0.789. The van der Waals surface area contributed by atoms with Crippen molar-refractivity contribution in [3.05, 3.63) is 69.4 Å². The Morgan fingerprint density at radius 3 is 2.79 bits per heavy atom. The molecule has 0 atom stereocenters. The quantitative estimate of drug-likeness (QED) is 0.883. The van der Waals surface area contributed by atoms with Crippen molar-refractivity contribution in [1.82, 2.24) is 10.3 Å². The SMILES string of the molecule is Cc1ccc(C(=O)NCc2cc[nH]c(=O)c2)cc1F. The van der Waals surface area contributed by atoms with Crippen LogP contribution in [0.3, 0.4) is 0 Å². The highest BCUT2D eigenvalue weighted by atomic mass is 19.1. The third-order valence-corrected chi connectivity index (χ3v) is 2.73. The van der Waals surface area contributed by atoms with Gasteiger partial charge in [0.25, 0.3) is 5.91 Å². The lowest BCUT2D eigenvalue weighted by Crippen LogP contribution is -2.23. The van der Waals surface area contributed by atoms with Crippen LogP contribution in [0.5, 0.6) is 0 Å². The van der Waals surface area contributed by atoms with Gasteiger partial charge in [-0.1, -0.05) is 6.07 Å². The minimum atomic E-state index is -0.413. The fourth-order valence-electron chi connectivity index (χ4n) is 1.62. The van der Waals surface area contributed by atoms with E-state index < -0.39 is 5.82 Å². The first-order valence-electron chi connectivity index (χ1n) is 5.78. The number of pyridine rings is 1. The van der Waals surface area contributed by atoms with Crippen molar-refractivity contribution in [2.75, 3.05) is 0 Å². The number of amides is 1. The van der Waals surface area contributed by atoms with Crippen molar-refractivity contribution in [3.8, 4) is 0 Å². The number of hydrogen-bond donors (Lipinski definition) is 2. The predicted octanol–water partition coefficient (Wildman–Crippen LogP) is 1.75. The maximum absolute atomic E-state index is 13.3. The Kier molecular flexibility index (Phi) is 3.75. The molecule has 98 valence electrons. The van der Waals surface area contributed by atoms with Crippen LogP contribution >= 0.6 is 0 Å². The van der Waals surface area contributed by atoms with Gasteiger partial charge in [-0.25, -0.2) is 4.39 Å². The highest BCUT2D eigenvalue weighted by Gasteiger charge is 2.07. The molecule has 2 aromatic rings. The molecule has 5 heteroatoms. The van der Waals surface area contributed by atoms with Gasteiger partial charge in [0.05, 0.1) is 0 Å². The summed E-state index contributed by atoms with van der Waals surface area (Å²) in [6.45, 7) is 1.85. The molecule has 0 aliphatic heterocycles. The third kappa shape index (κ3) is 3.28. The Bertz CT molecular complexity index is 664. The number of aryl methyl sites for hydroxylation is 1. The monoisotopic (exact) mass is 260 g/mol. The van der Waals surface area contributed by atoms with Gasteiger partial charge >= 0.3 is 0 Å². The summed E-state index contributed by atoms with van der Waals surface area (Å²) in [6.07, 6.45) is 1.51. The lowest BCUT2D eigenvalue weighted by Gasteiger charge is -2.06. The number of aromatic amines is 1. The number of hydrogen-bond acceptors (Lipinski definition) is 2. The average Bonchev–Trinajstić information content (AvgIpc) is 2.39. The second kappa shape index (κ2) is 5.48. The largest absolute Gasteiger partial charge is 0.348 e. The summed E-state index contributed by atoms with van der Waals surface area (Å²) in [6, 6.07) is 7.40. The Morgan fingerprint density at radius 2 is 2.11 bits per heavy atom. The molecule has 0 unspecified atom stereocenters. The number of H-pyrrole nitrogens is 1. The van der Waals surface area contributed by atoms with E-state index >= 15 is 0 Å². The minimum Gasteiger partial charge on any atom is -0.348 e. The zero-order valence-corrected chi connectivity index (χ0v) is 10.4. The number of halogens is 1. The molecule has 0 aliphatic rings. The zero-order valence-electron chi connectivity index (χ0n) is 10.4. The van der Waals surface area contributed by atoms with E-state index in [1.54, 1.807) is 25.1 Å². The highest BCUT2D eigenvalue weighted by molar-refractivity contribution is 5.94. The Balaban J connectivity index is 2.05. The van der Waals surface area contributed by atoms with Crippen molar-refractivity contribution < 1.29 is 9.18 Å². The molecule has 4 nitrogen and oxygen atoms in total. The van der Waals surface area contributed by atoms with Crippen molar-refractivity contribution in [1.29, 1.82) is 0 Å². The molecule has 2 rings (SSSR count). The van der Waals surface area contributed by atoms with E-state index in [0.717, 1.165) is 0 Å². The van der Waals surface area contributed by atoms with Crippen LogP contribution in [0.2, 0.25) is 0 Å². The molecule has 0 aliphatic carbocycles. The van der Waals surface area contributed by atoms with Gasteiger partial charge in [-0.15, -0.1) is 0 Å². The smallest absolute Gasteiger partial charge is 0.251 e. The van der Waals surface area contributed by atoms with Crippen LogP contribution in [0.4, 0.5) is 4.39 Å². The second-order valence-electron chi connectivity index (χ2n) is 4.21. The maximum atomic E-state index is 13.3. The number of rotatable bonds is 3. The van der Waals surface area contributed by atoms with E-state index in [-0.39, 0.29) is 23.6 Å². The van der Waals surface area contributed by atoms with E-state index in [2.05, 4.69) is 10.3 Å². The molecular formula is C14H13FN2O2. The van der Waals surface area contributed by atoms with Gasteiger partial charge in [0.1, 0.15) is 5.82 Å². The van der Waals surface area contributed by atoms with Gasteiger partial charge in [0, 0.05) is 24.4 Å². The van der Waals surface area contributed by atoms with Crippen molar-refractivity contribution in [3.63, 3.8) is 0 Å². The van der Waals surface area contributed by atoms with Crippen LogP contribution in [0.15, 0.2) is 41.3 Å². The van der Waals surface area contributed by atoms with Crippen LogP contribution < -0.4 is 10.9 Å². The van der Waals surface area contributed by atoms with Crippen LogP contribution in [0.1, 0.15) is 21.5 Å². The molecule has 1 heterocycles. The molecule has 2 N–H and O–H groups in total. The van der Waals surface area contributed by atoms with Crippen LogP contribution in [-0.2, 0) is 6.54 Å². The van der Waals surface area contributed by atoms with Crippen molar-refractivity contribution in [2.45, 2.75) is 13.5 Å². The number of carbonyl (C=O) groups excluding carboxylic acids is 1. The summed E-state index contributed by atoms with van der Waals surface area (Å²) in [5, 5.41) is 2.63. The Labute approximate surface area is 109 Å². The first-order chi connectivity index (χ1) is 9.06. The summed E-state index contributed by atoms with van der Waals surface area (Å²) in [5.41, 5.74) is 1.21. The highest BCUT2D eigenvalue weighted by Crippen LogP contribution is 2.09. The van der Waals surface area contributed by atoms with Gasteiger partial charge in [0.2, 0.25) is 5.56 Å². The van der Waals surface area contributed by atoms with E-state index in [4.69, 9.17) is 0 Å². The lowest BCUT2D eigenvalue weighted by atomic mass is 10.1. The molecular weight excluding hydrogens is 247 g/mol. The van der Waals surface area contributed by atoms with Crippen LogP contribution in [-0.4, -0.2) is 10.9 Å². The van der Waals surface area contributed by atoms with E-state index in [0.29, 0.717) is 11.1 Å². The average molecular weight is 260 g/mol. The first-order valence-corrected chi connectivity index (χ1v) is 5.78. The molecule has 0 bridgehead atoms. The third-order valence-electron chi connectivity index (χ3n) is 2.73. The number of benzene rings is 1. The van der Waals surface area contributed by atoms with Gasteiger partial charge < -0.3 is 10.3 Å². The van der Waals surface area contributed by atoms with E-state index in [9.17, 15) is 14.0 Å². The summed E-state index contributed by atoms with van der Waals surface area (Å²) in [7, 11) is 0. The second-order valence-corrected chi connectivity index (χ2v) is 4.21. The van der Waals surface area contributed by atoms with E-state index in [1.807, 2.05) is 0 Å². The normalized spacial score (nSPS) is 10.2. The van der Waals surface area contributed by atoms with Crippen LogP contribution in [0.25, 0.3) is 0 Å². The lowest BCUT2D eigenvalue weighted by molar-refractivity contribution is 0.0950. The predicted molar refractivity (Wildman–Crippen MR) is 69.4 cm³/mol. The number of carbonyl (C=O) groups is 1. The van der Waals surface area contributed by atoms with Gasteiger partial charge in [-0.2, -0.15) is 0 Å². The molecule has 0 spiro atoms. The Morgan fingerprint density at radius 1 is 1.32 bits per heavy atom. The Hall–Kier alpha value is -2.43. The standard InChI is InChI=1S/C14H13FN2O2/c1-9-2-3-11(7-12(9)15)14(19)17-8-10-4-5-16-13(18)6-10/h2-7H,8H2,1H3,(H,16,18)(H,17,19). The topological polar surface area (TPSA) is 62.0 Å². The molecule has 0 saturated carbocycles. The minimum absolute atomic E-state index is 0.220. The van der Waals surface area contributed by atoms with Gasteiger partial charge in [-0.05, 0) is 36.2 Å². The summed E-state index contributed by atoms with van der Waals surface area (Å²) >= 11 is 0. The molecule has 0 saturated heterocycles. The zero-order chi connectivity index (χ0) is 13.8. The van der Waals surface area contributed by atoms with Crippen LogP contribution in [0, 0.1) is 12.7 Å². The molecule has 19 heavy (non-hydrogen) atoms. The van der Waals surface area contributed by atoms with Crippen molar-refractivity contribution in [2.24, 2.45) is 0 Å². The van der Waals surface area contributed by atoms with Crippen molar-refractivity contribution >= 4 is 5.91 Å². The summed E-state index contributed by atoms with van der Waals surface area (Å²) in [4.78, 5) is 25.4. The molecule has 1 amide bonds.